The molecule has 0 saturated carbocycles. The molecule has 1 aliphatic heterocycles. The van der Waals surface area contributed by atoms with Crippen molar-refractivity contribution in [3.8, 4) is 10.6 Å². The van der Waals surface area contributed by atoms with Gasteiger partial charge >= 0.3 is 0 Å². The third kappa shape index (κ3) is 3.65. The monoisotopic (exact) mass is 368 g/mol. The van der Waals surface area contributed by atoms with Crippen LogP contribution in [0.5, 0.6) is 0 Å². The van der Waals surface area contributed by atoms with E-state index in [1.165, 1.54) is 6.33 Å². The van der Waals surface area contributed by atoms with E-state index in [9.17, 15) is 4.79 Å². The summed E-state index contributed by atoms with van der Waals surface area (Å²) >= 11 is 1.68. The molecular weight excluding hydrogens is 348 g/mol. The normalized spacial score (nSPS) is 17.4. The maximum Gasteiger partial charge on any atom is 0.244 e. The molecule has 1 aliphatic rings. The van der Waals surface area contributed by atoms with E-state index in [0.29, 0.717) is 6.54 Å². The summed E-state index contributed by atoms with van der Waals surface area (Å²) in [6, 6.07) is 6.12. The number of hydrogen-bond donors (Lipinski definition) is 0. The quantitative estimate of drug-likeness (QED) is 0.707. The smallest absolute Gasteiger partial charge is 0.244 e. The molecule has 1 fully saturated rings. The molecule has 1 amide bonds. The van der Waals surface area contributed by atoms with Crippen molar-refractivity contribution in [2.75, 3.05) is 13.1 Å². The SMILES string of the molecule is Cc1cc(-c2cccs2)nc(C2CCCN(C(=O)Cn3cncn3)C2)n1. The van der Waals surface area contributed by atoms with Crippen LogP contribution in [-0.2, 0) is 11.3 Å². The lowest BCUT2D eigenvalue weighted by molar-refractivity contribution is -0.133. The van der Waals surface area contributed by atoms with Crippen molar-refractivity contribution in [2.45, 2.75) is 32.2 Å². The first-order valence-electron chi connectivity index (χ1n) is 8.68. The minimum absolute atomic E-state index is 0.0614. The first-order valence-corrected chi connectivity index (χ1v) is 9.56. The summed E-state index contributed by atoms with van der Waals surface area (Å²) in [5.74, 6) is 1.07. The molecule has 0 radical (unpaired) electrons. The second-order valence-corrected chi connectivity index (χ2v) is 7.45. The molecule has 0 aromatic carbocycles. The van der Waals surface area contributed by atoms with Gasteiger partial charge in [-0.15, -0.1) is 11.3 Å². The number of aryl methyl sites for hydroxylation is 1. The number of amides is 1. The molecule has 8 heteroatoms. The molecule has 0 spiro atoms. The number of carbonyl (C=O) groups excluding carboxylic acids is 1. The van der Waals surface area contributed by atoms with Gasteiger partial charge in [-0.25, -0.2) is 19.6 Å². The van der Waals surface area contributed by atoms with Crippen molar-refractivity contribution in [1.82, 2.24) is 29.6 Å². The van der Waals surface area contributed by atoms with Gasteiger partial charge in [0.05, 0.1) is 10.6 Å². The van der Waals surface area contributed by atoms with E-state index >= 15 is 0 Å². The van der Waals surface area contributed by atoms with Gasteiger partial charge in [-0.1, -0.05) is 6.07 Å². The Morgan fingerprint density at radius 2 is 2.31 bits per heavy atom. The number of rotatable bonds is 4. The maximum atomic E-state index is 12.6. The maximum absolute atomic E-state index is 12.6. The Labute approximate surface area is 155 Å². The summed E-state index contributed by atoms with van der Waals surface area (Å²) in [4.78, 5) is 29.0. The number of carbonyl (C=O) groups is 1. The average molecular weight is 368 g/mol. The lowest BCUT2D eigenvalue weighted by Gasteiger charge is -2.32. The number of nitrogens with zero attached hydrogens (tertiary/aromatic N) is 6. The predicted octanol–water partition coefficient (Wildman–Crippen LogP) is 2.51. The molecule has 26 heavy (non-hydrogen) atoms. The molecule has 1 saturated heterocycles. The molecular formula is C18H20N6OS. The number of hydrogen-bond acceptors (Lipinski definition) is 6. The Bertz CT molecular complexity index is 877. The van der Waals surface area contributed by atoms with Crippen molar-refractivity contribution >= 4 is 17.2 Å². The van der Waals surface area contributed by atoms with E-state index in [-0.39, 0.29) is 18.4 Å². The van der Waals surface area contributed by atoms with Gasteiger partial charge in [0.15, 0.2) is 0 Å². The highest BCUT2D eigenvalue weighted by atomic mass is 32.1. The molecule has 0 N–H and O–H groups in total. The largest absolute Gasteiger partial charge is 0.340 e. The molecule has 0 aliphatic carbocycles. The fourth-order valence-electron chi connectivity index (χ4n) is 3.29. The van der Waals surface area contributed by atoms with Crippen LogP contribution in [0.15, 0.2) is 36.2 Å². The van der Waals surface area contributed by atoms with E-state index in [0.717, 1.165) is 41.5 Å². The topological polar surface area (TPSA) is 76.8 Å². The summed E-state index contributed by atoms with van der Waals surface area (Å²) in [7, 11) is 0. The molecule has 1 atom stereocenters. The van der Waals surface area contributed by atoms with E-state index in [4.69, 9.17) is 4.98 Å². The number of aromatic nitrogens is 5. The molecule has 4 heterocycles. The molecule has 7 nitrogen and oxygen atoms in total. The summed E-state index contributed by atoms with van der Waals surface area (Å²) in [6.45, 7) is 3.65. The van der Waals surface area contributed by atoms with Crippen LogP contribution >= 0.6 is 11.3 Å². The fourth-order valence-corrected chi connectivity index (χ4v) is 3.98. The van der Waals surface area contributed by atoms with Crippen molar-refractivity contribution in [1.29, 1.82) is 0 Å². The van der Waals surface area contributed by atoms with E-state index in [1.54, 1.807) is 22.3 Å². The minimum Gasteiger partial charge on any atom is -0.340 e. The van der Waals surface area contributed by atoms with Crippen LogP contribution in [0, 0.1) is 6.92 Å². The van der Waals surface area contributed by atoms with Crippen molar-refractivity contribution in [2.24, 2.45) is 0 Å². The molecule has 4 rings (SSSR count). The van der Waals surface area contributed by atoms with Gasteiger partial charge < -0.3 is 4.90 Å². The predicted molar refractivity (Wildman–Crippen MR) is 98.7 cm³/mol. The van der Waals surface area contributed by atoms with Crippen molar-refractivity contribution in [3.63, 3.8) is 0 Å². The van der Waals surface area contributed by atoms with Crippen LogP contribution in [0.2, 0.25) is 0 Å². The van der Waals surface area contributed by atoms with Crippen LogP contribution in [0.4, 0.5) is 0 Å². The molecule has 3 aromatic heterocycles. The zero-order valence-electron chi connectivity index (χ0n) is 14.6. The zero-order valence-corrected chi connectivity index (χ0v) is 15.4. The highest BCUT2D eigenvalue weighted by Gasteiger charge is 2.27. The molecule has 134 valence electrons. The van der Waals surface area contributed by atoms with Gasteiger partial charge in [0, 0.05) is 24.7 Å². The Hall–Kier alpha value is -2.61. The summed E-state index contributed by atoms with van der Waals surface area (Å²) in [5, 5.41) is 6.07. The van der Waals surface area contributed by atoms with Crippen molar-refractivity contribution < 1.29 is 4.79 Å². The Balaban J connectivity index is 1.51. The van der Waals surface area contributed by atoms with Crippen LogP contribution in [0.1, 0.15) is 30.3 Å². The first kappa shape index (κ1) is 16.8. The third-order valence-electron chi connectivity index (χ3n) is 4.55. The molecule has 3 aromatic rings. The Morgan fingerprint density at radius 1 is 1.38 bits per heavy atom. The minimum atomic E-state index is 0.0614. The van der Waals surface area contributed by atoms with Crippen LogP contribution in [-0.4, -0.2) is 48.6 Å². The lowest BCUT2D eigenvalue weighted by atomic mass is 9.96. The van der Waals surface area contributed by atoms with Crippen molar-refractivity contribution in [3.05, 3.63) is 47.8 Å². The van der Waals surface area contributed by atoms with Gasteiger partial charge in [0.2, 0.25) is 5.91 Å². The fraction of sp³-hybridized carbons (Fsp3) is 0.389. The highest BCUT2D eigenvalue weighted by Crippen LogP contribution is 2.28. The van der Waals surface area contributed by atoms with Gasteiger partial charge in [-0.3, -0.25) is 4.79 Å². The summed E-state index contributed by atoms with van der Waals surface area (Å²) in [6.07, 6.45) is 4.97. The second kappa shape index (κ2) is 7.33. The van der Waals surface area contributed by atoms with Gasteiger partial charge in [-0.05, 0) is 37.3 Å². The Morgan fingerprint density at radius 3 is 3.08 bits per heavy atom. The van der Waals surface area contributed by atoms with Crippen LogP contribution in [0.3, 0.4) is 0 Å². The number of likely N-dealkylation sites (tertiary alicyclic amines) is 1. The summed E-state index contributed by atoms with van der Waals surface area (Å²) < 4.78 is 1.56. The standard InChI is InChI=1S/C18H20N6OS/c1-13-8-15(16-5-3-7-26-16)22-18(21-13)14-4-2-6-23(9-14)17(25)10-24-12-19-11-20-24/h3,5,7-8,11-12,14H,2,4,6,9-10H2,1H3. The molecule has 1 unspecified atom stereocenters. The van der Waals surface area contributed by atoms with E-state index < -0.39 is 0 Å². The highest BCUT2D eigenvalue weighted by molar-refractivity contribution is 7.13. The van der Waals surface area contributed by atoms with Gasteiger partial charge in [0.25, 0.3) is 0 Å². The van der Waals surface area contributed by atoms with Crippen LogP contribution in [0.25, 0.3) is 10.6 Å². The number of thiophene rings is 1. The number of piperidine rings is 1. The van der Waals surface area contributed by atoms with Gasteiger partial charge in [0.1, 0.15) is 25.0 Å². The second-order valence-electron chi connectivity index (χ2n) is 6.50. The third-order valence-corrected chi connectivity index (χ3v) is 5.44. The first-order chi connectivity index (χ1) is 12.7. The molecule has 0 bridgehead atoms. The van der Waals surface area contributed by atoms with Gasteiger partial charge in [-0.2, -0.15) is 5.10 Å². The lowest BCUT2D eigenvalue weighted by Crippen LogP contribution is -2.41. The summed E-state index contributed by atoms with van der Waals surface area (Å²) in [5.41, 5.74) is 1.93. The van der Waals surface area contributed by atoms with E-state index in [1.807, 2.05) is 24.0 Å². The zero-order chi connectivity index (χ0) is 17.9. The van der Waals surface area contributed by atoms with E-state index in [2.05, 4.69) is 26.5 Å². The average Bonchev–Trinajstić information content (AvgIpc) is 3.35. The van der Waals surface area contributed by atoms with Crippen LogP contribution < -0.4 is 0 Å². The Kier molecular flexibility index (Phi) is 4.75.